The van der Waals surface area contributed by atoms with Crippen molar-refractivity contribution in [3.05, 3.63) is 0 Å². The first kappa shape index (κ1) is 11.4. The fraction of sp³-hybridized carbons (Fsp3) is 0.750. The van der Waals surface area contributed by atoms with Gasteiger partial charge in [-0.05, 0) is 6.92 Å². The van der Waals surface area contributed by atoms with Gasteiger partial charge in [0, 0.05) is 13.1 Å². The van der Waals surface area contributed by atoms with Crippen LogP contribution < -0.4 is 5.73 Å². The van der Waals surface area contributed by atoms with Crippen LogP contribution >= 0.6 is 12.2 Å². The number of hydrogen-bond acceptors (Lipinski definition) is 4. The lowest BCUT2D eigenvalue weighted by Gasteiger charge is -2.19. The Morgan fingerprint density at radius 2 is 1.93 bits per heavy atom. The average molecular weight is 218 g/mol. The number of β-amino-alcohol motifs (C(OH)–C–C–N with tert-alkyl or cyclic N) is 2. The van der Waals surface area contributed by atoms with Crippen molar-refractivity contribution in [3.63, 3.8) is 0 Å². The largest absolute Gasteiger partial charge is 0.393 e. The SMILES string of the molecule is CC(C(=O)N1CC(O)C(O)C1)C(N)=S. The number of nitrogens with two attached hydrogens (primary N) is 1. The molecular weight excluding hydrogens is 204 g/mol. The van der Waals surface area contributed by atoms with Crippen molar-refractivity contribution in [2.24, 2.45) is 11.7 Å². The van der Waals surface area contributed by atoms with E-state index in [1.165, 1.54) is 4.90 Å². The van der Waals surface area contributed by atoms with Gasteiger partial charge in [0.15, 0.2) is 0 Å². The number of nitrogens with zero attached hydrogens (tertiary/aromatic N) is 1. The molecule has 4 N–H and O–H groups in total. The summed E-state index contributed by atoms with van der Waals surface area (Å²) in [4.78, 5) is 13.1. The third kappa shape index (κ3) is 2.20. The predicted octanol–water partition coefficient (Wildman–Crippen LogP) is -1.53. The van der Waals surface area contributed by atoms with Crippen molar-refractivity contribution >= 4 is 23.1 Å². The summed E-state index contributed by atoms with van der Waals surface area (Å²) in [6.45, 7) is 1.90. The second kappa shape index (κ2) is 4.20. The van der Waals surface area contributed by atoms with E-state index in [0.717, 1.165) is 0 Å². The number of aliphatic hydroxyl groups excluding tert-OH is 2. The maximum Gasteiger partial charge on any atom is 0.232 e. The van der Waals surface area contributed by atoms with E-state index in [9.17, 15) is 15.0 Å². The lowest BCUT2D eigenvalue weighted by molar-refractivity contribution is -0.132. The predicted molar refractivity (Wildman–Crippen MR) is 54.5 cm³/mol. The first-order valence-corrected chi connectivity index (χ1v) is 4.78. The van der Waals surface area contributed by atoms with Crippen LogP contribution in [0.4, 0.5) is 0 Å². The summed E-state index contributed by atoms with van der Waals surface area (Å²) in [5.41, 5.74) is 5.33. The van der Waals surface area contributed by atoms with Gasteiger partial charge >= 0.3 is 0 Å². The number of hydrogen-bond donors (Lipinski definition) is 3. The Morgan fingerprint density at radius 1 is 1.50 bits per heavy atom. The number of thiocarbonyl (C=S) groups is 1. The molecule has 1 fully saturated rings. The van der Waals surface area contributed by atoms with Crippen molar-refractivity contribution in [3.8, 4) is 0 Å². The van der Waals surface area contributed by atoms with Crippen LogP contribution in [0.25, 0.3) is 0 Å². The van der Waals surface area contributed by atoms with Gasteiger partial charge in [-0.3, -0.25) is 4.79 Å². The molecule has 0 saturated carbocycles. The van der Waals surface area contributed by atoms with E-state index in [1.54, 1.807) is 6.92 Å². The zero-order valence-corrected chi connectivity index (χ0v) is 8.70. The fourth-order valence-electron chi connectivity index (χ4n) is 1.34. The van der Waals surface area contributed by atoms with E-state index >= 15 is 0 Å². The van der Waals surface area contributed by atoms with Crippen molar-refractivity contribution in [2.45, 2.75) is 19.1 Å². The molecule has 80 valence electrons. The Morgan fingerprint density at radius 3 is 2.29 bits per heavy atom. The maximum atomic E-state index is 11.6. The topological polar surface area (TPSA) is 86.8 Å². The molecule has 1 aliphatic rings. The van der Waals surface area contributed by atoms with Crippen LogP contribution in [0.2, 0.25) is 0 Å². The van der Waals surface area contributed by atoms with Crippen molar-refractivity contribution in [1.29, 1.82) is 0 Å². The van der Waals surface area contributed by atoms with Crippen LogP contribution in [-0.2, 0) is 4.79 Å². The monoisotopic (exact) mass is 218 g/mol. The van der Waals surface area contributed by atoms with Crippen molar-refractivity contribution in [1.82, 2.24) is 4.90 Å². The number of amides is 1. The van der Waals surface area contributed by atoms with Gasteiger partial charge in [-0.2, -0.15) is 0 Å². The minimum Gasteiger partial charge on any atom is -0.393 e. The number of likely N-dealkylation sites (tertiary alicyclic amines) is 1. The lowest BCUT2D eigenvalue weighted by Crippen LogP contribution is -2.39. The molecule has 0 aromatic rings. The summed E-state index contributed by atoms with van der Waals surface area (Å²) in [6.07, 6.45) is -1.73. The summed E-state index contributed by atoms with van der Waals surface area (Å²) in [5, 5.41) is 18.5. The van der Waals surface area contributed by atoms with E-state index in [2.05, 4.69) is 0 Å². The number of rotatable bonds is 2. The van der Waals surface area contributed by atoms with E-state index in [-0.39, 0.29) is 24.0 Å². The van der Waals surface area contributed by atoms with Crippen LogP contribution in [0.15, 0.2) is 0 Å². The second-order valence-electron chi connectivity index (χ2n) is 3.50. The molecule has 1 rings (SSSR count). The van der Waals surface area contributed by atoms with Gasteiger partial charge in [0.1, 0.15) is 0 Å². The minimum atomic E-state index is -0.863. The maximum absolute atomic E-state index is 11.6. The molecule has 0 aliphatic carbocycles. The quantitative estimate of drug-likeness (QED) is 0.490. The first-order valence-electron chi connectivity index (χ1n) is 4.37. The van der Waals surface area contributed by atoms with Crippen LogP contribution in [-0.4, -0.2) is 51.3 Å². The van der Waals surface area contributed by atoms with Gasteiger partial charge in [0.05, 0.1) is 23.1 Å². The van der Waals surface area contributed by atoms with E-state index in [0.29, 0.717) is 0 Å². The highest BCUT2D eigenvalue weighted by atomic mass is 32.1. The number of carbonyl (C=O) groups is 1. The zero-order valence-electron chi connectivity index (χ0n) is 7.88. The normalized spacial score (nSPS) is 28.9. The molecule has 0 aromatic heterocycles. The lowest BCUT2D eigenvalue weighted by atomic mass is 10.1. The highest BCUT2D eigenvalue weighted by Crippen LogP contribution is 2.13. The number of aliphatic hydroxyl groups is 2. The molecule has 0 bridgehead atoms. The number of carbonyl (C=O) groups excluding carboxylic acids is 1. The van der Waals surface area contributed by atoms with Gasteiger partial charge in [0.2, 0.25) is 5.91 Å². The smallest absolute Gasteiger partial charge is 0.232 e. The first-order chi connectivity index (χ1) is 6.43. The Labute approximate surface area is 87.5 Å². The van der Waals surface area contributed by atoms with Crippen molar-refractivity contribution in [2.75, 3.05) is 13.1 Å². The Balaban J connectivity index is 2.59. The molecule has 0 radical (unpaired) electrons. The van der Waals surface area contributed by atoms with Crippen LogP contribution in [0.5, 0.6) is 0 Å². The summed E-state index contributed by atoms with van der Waals surface area (Å²) < 4.78 is 0. The highest BCUT2D eigenvalue weighted by molar-refractivity contribution is 7.80. The molecule has 3 atom stereocenters. The van der Waals surface area contributed by atoms with E-state index in [4.69, 9.17) is 18.0 Å². The average Bonchev–Trinajstić information content (AvgIpc) is 2.44. The zero-order chi connectivity index (χ0) is 10.9. The Bertz CT molecular complexity index is 249. The molecule has 1 aliphatic heterocycles. The molecule has 5 nitrogen and oxygen atoms in total. The molecule has 1 heterocycles. The standard InChI is InChI=1S/C8H14N2O3S/c1-4(7(9)14)8(13)10-2-5(11)6(12)3-10/h4-6,11-12H,2-3H2,1H3,(H2,9,14). The van der Waals surface area contributed by atoms with Gasteiger partial charge in [-0.25, -0.2) is 0 Å². The fourth-order valence-corrected chi connectivity index (χ4v) is 1.45. The Kier molecular flexibility index (Phi) is 3.41. The van der Waals surface area contributed by atoms with Crippen LogP contribution in [0, 0.1) is 5.92 Å². The molecule has 0 spiro atoms. The molecule has 14 heavy (non-hydrogen) atoms. The summed E-state index contributed by atoms with van der Waals surface area (Å²) in [6, 6.07) is 0. The molecule has 3 unspecified atom stereocenters. The summed E-state index contributed by atoms with van der Waals surface area (Å²) in [5.74, 6) is -0.782. The third-order valence-electron chi connectivity index (χ3n) is 2.37. The molecule has 0 aromatic carbocycles. The van der Waals surface area contributed by atoms with Crippen molar-refractivity contribution < 1.29 is 15.0 Å². The van der Waals surface area contributed by atoms with Gasteiger partial charge < -0.3 is 20.8 Å². The van der Waals surface area contributed by atoms with Crippen LogP contribution in [0.3, 0.4) is 0 Å². The summed E-state index contributed by atoms with van der Waals surface area (Å²) in [7, 11) is 0. The van der Waals surface area contributed by atoms with Gasteiger partial charge in [-0.1, -0.05) is 12.2 Å². The van der Waals surface area contributed by atoms with Crippen LogP contribution in [0.1, 0.15) is 6.92 Å². The second-order valence-corrected chi connectivity index (χ2v) is 3.97. The van der Waals surface area contributed by atoms with Gasteiger partial charge in [-0.15, -0.1) is 0 Å². The molecular formula is C8H14N2O3S. The molecule has 1 saturated heterocycles. The van der Waals surface area contributed by atoms with E-state index in [1.807, 2.05) is 0 Å². The minimum absolute atomic E-state index is 0.130. The van der Waals surface area contributed by atoms with Gasteiger partial charge in [0.25, 0.3) is 0 Å². The molecule has 6 heteroatoms. The molecule has 1 amide bonds. The summed E-state index contributed by atoms with van der Waals surface area (Å²) >= 11 is 4.69. The third-order valence-corrected chi connectivity index (χ3v) is 2.72. The highest BCUT2D eigenvalue weighted by Gasteiger charge is 2.34. The Hall–Kier alpha value is -0.720. The van der Waals surface area contributed by atoms with E-state index < -0.39 is 18.1 Å².